The van der Waals surface area contributed by atoms with Crippen LogP contribution in [-0.2, 0) is 16.4 Å². The van der Waals surface area contributed by atoms with Crippen LogP contribution in [-0.4, -0.2) is 22.2 Å². The first-order valence-electron chi connectivity index (χ1n) is 10.5. The molecule has 1 atom stereocenters. The van der Waals surface area contributed by atoms with Gasteiger partial charge in [-0.25, -0.2) is 8.42 Å². The van der Waals surface area contributed by atoms with Gasteiger partial charge in [0.15, 0.2) is 0 Å². The number of nitrogens with one attached hydrogen (secondary N) is 1. The minimum absolute atomic E-state index is 0.00613. The molecule has 0 bridgehead atoms. The quantitative estimate of drug-likeness (QED) is 0.339. The van der Waals surface area contributed by atoms with Crippen LogP contribution in [0.1, 0.15) is 44.7 Å². The third-order valence-corrected chi connectivity index (χ3v) is 13.4. The molecule has 0 unspecified atom stereocenters. The number of rotatable bonds is 7. The predicted octanol–water partition coefficient (Wildman–Crippen LogP) is 5.72. The molecule has 2 aromatic rings. The Bertz CT molecular complexity index is 979. The lowest BCUT2D eigenvalue weighted by molar-refractivity contribution is 0.580. The zero-order chi connectivity index (χ0) is 22.4. The molecule has 0 heterocycles. The van der Waals surface area contributed by atoms with Gasteiger partial charge >= 0.3 is 0 Å². The largest absolute Gasteiger partial charge is 0.241 e. The molecule has 30 heavy (non-hydrogen) atoms. The van der Waals surface area contributed by atoms with Crippen LogP contribution in [0.15, 0.2) is 59.5 Å². The van der Waals surface area contributed by atoms with Crippen molar-refractivity contribution in [2.75, 3.05) is 0 Å². The van der Waals surface area contributed by atoms with Crippen LogP contribution in [0.2, 0.25) is 18.1 Å². The Morgan fingerprint density at radius 1 is 1.00 bits per heavy atom. The van der Waals surface area contributed by atoms with Crippen molar-refractivity contribution >= 4 is 18.1 Å². The van der Waals surface area contributed by atoms with Crippen molar-refractivity contribution in [3.05, 3.63) is 65.7 Å². The minimum Gasteiger partial charge on any atom is -0.207 e. The summed E-state index contributed by atoms with van der Waals surface area (Å²) in [6.45, 7) is 12.9. The molecular weight excluding hydrogens is 406 g/mol. The summed E-state index contributed by atoms with van der Waals surface area (Å²) in [5, 5.41) is 0.00613. The van der Waals surface area contributed by atoms with Crippen molar-refractivity contribution in [3.8, 4) is 11.8 Å². The van der Waals surface area contributed by atoms with Gasteiger partial charge in [-0.15, -0.1) is 5.92 Å². The van der Waals surface area contributed by atoms with E-state index in [1.807, 2.05) is 37.3 Å². The van der Waals surface area contributed by atoms with E-state index in [0.29, 0.717) is 4.90 Å². The summed E-state index contributed by atoms with van der Waals surface area (Å²) in [4.78, 5) is 0.294. The number of unbranched alkanes of at least 4 members (excludes halogenated alkanes) is 1. The van der Waals surface area contributed by atoms with Crippen LogP contribution in [0.4, 0.5) is 0 Å². The van der Waals surface area contributed by atoms with Gasteiger partial charge in [0.05, 0.1) is 18.6 Å². The smallest absolute Gasteiger partial charge is 0.207 e. The molecule has 0 aliphatic rings. The molecule has 0 radical (unpaired) electrons. The van der Waals surface area contributed by atoms with Crippen LogP contribution < -0.4 is 4.72 Å². The molecule has 2 aromatic carbocycles. The zero-order valence-electron chi connectivity index (χ0n) is 19.1. The lowest BCUT2D eigenvalue weighted by Crippen LogP contribution is -2.57. The molecule has 0 saturated heterocycles. The molecule has 1 N–H and O–H groups in total. The molecule has 0 saturated carbocycles. The monoisotopic (exact) mass is 441 g/mol. The van der Waals surface area contributed by atoms with Gasteiger partial charge in [-0.3, -0.25) is 0 Å². The molecule has 5 heteroatoms. The molecule has 0 aromatic heterocycles. The molecule has 0 aliphatic carbocycles. The van der Waals surface area contributed by atoms with Crippen molar-refractivity contribution in [1.29, 1.82) is 0 Å². The average molecular weight is 442 g/mol. The van der Waals surface area contributed by atoms with Crippen molar-refractivity contribution in [2.24, 2.45) is 0 Å². The fourth-order valence-corrected chi connectivity index (χ4v) is 6.90. The summed E-state index contributed by atoms with van der Waals surface area (Å²) < 4.78 is 29.0. The van der Waals surface area contributed by atoms with E-state index in [0.717, 1.165) is 24.8 Å². The number of hydrogen-bond donors (Lipinski definition) is 1. The Kier molecular flexibility index (Phi) is 8.10. The summed E-state index contributed by atoms with van der Waals surface area (Å²) >= 11 is 0. The minimum atomic E-state index is -3.62. The summed E-state index contributed by atoms with van der Waals surface area (Å²) in [6, 6.07) is 17.3. The Morgan fingerprint density at radius 3 is 2.17 bits per heavy atom. The summed E-state index contributed by atoms with van der Waals surface area (Å²) in [6.07, 6.45) is 2.70. The highest BCUT2D eigenvalue weighted by atomic mass is 32.2. The maximum absolute atomic E-state index is 13.0. The first-order valence-corrected chi connectivity index (χ1v) is 15.1. The molecular formula is C25H35NO2SSi. The van der Waals surface area contributed by atoms with Gasteiger partial charge < -0.3 is 0 Å². The summed E-state index contributed by atoms with van der Waals surface area (Å²) in [5.74, 6) is 6.59. The van der Waals surface area contributed by atoms with Crippen molar-refractivity contribution in [1.82, 2.24) is 4.72 Å². The second-order valence-electron chi connectivity index (χ2n) is 9.50. The third-order valence-electron chi connectivity index (χ3n) is 6.12. The molecule has 0 amide bonds. The first-order chi connectivity index (χ1) is 13.9. The summed E-state index contributed by atoms with van der Waals surface area (Å²) in [7, 11) is -5.70. The van der Waals surface area contributed by atoms with E-state index in [4.69, 9.17) is 0 Å². The highest BCUT2D eigenvalue weighted by Crippen LogP contribution is 2.38. The molecule has 0 spiro atoms. The molecule has 0 fully saturated rings. The van der Waals surface area contributed by atoms with Crippen molar-refractivity contribution < 1.29 is 8.42 Å². The van der Waals surface area contributed by atoms with Gasteiger partial charge in [-0.05, 0) is 42.5 Å². The van der Waals surface area contributed by atoms with Gasteiger partial charge in [0, 0.05) is 6.42 Å². The highest BCUT2D eigenvalue weighted by molar-refractivity contribution is 7.89. The Hall–Kier alpha value is -1.87. The van der Waals surface area contributed by atoms with Gasteiger partial charge in [-0.2, -0.15) is 4.72 Å². The zero-order valence-corrected chi connectivity index (χ0v) is 20.9. The van der Waals surface area contributed by atoms with Gasteiger partial charge in [0.2, 0.25) is 10.0 Å². The van der Waals surface area contributed by atoms with Crippen molar-refractivity contribution in [3.63, 3.8) is 0 Å². The van der Waals surface area contributed by atoms with E-state index < -0.39 is 18.1 Å². The second kappa shape index (κ2) is 9.96. The van der Waals surface area contributed by atoms with Crippen LogP contribution in [0.5, 0.6) is 0 Å². The average Bonchev–Trinajstić information content (AvgIpc) is 2.67. The van der Waals surface area contributed by atoms with E-state index in [1.165, 1.54) is 5.56 Å². The third kappa shape index (κ3) is 6.56. The highest BCUT2D eigenvalue weighted by Gasteiger charge is 2.43. The van der Waals surface area contributed by atoms with Gasteiger partial charge in [0.25, 0.3) is 0 Å². The Balaban J connectivity index is 2.18. The van der Waals surface area contributed by atoms with Gasteiger partial charge in [0.1, 0.15) is 0 Å². The standard InChI is InChI=1S/C25H35NO2SSi/c1-21-17-19-23(20-18-21)29(27,28)26-24(30(5,6)25(2,3)4)16-12-8-11-15-22-13-9-7-10-14-22/h7,9-10,13-14,17-20,24,26H,8,11,15H2,1-6H3/t24-/m1/s1. The van der Waals surface area contributed by atoms with Crippen LogP contribution in [0, 0.1) is 18.8 Å². The first kappa shape index (κ1) is 24.4. The SMILES string of the molecule is Cc1ccc(S(=O)(=O)N[C@@H](C#CCCCc2ccccc2)[Si](C)(C)C(C)(C)C)cc1. The van der Waals surface area contributed by atoms with Gasteiger partial charge in [-0.1, -0.05) is 87.8 Å². The second-order valence-corrected chi connectivity index (χ2v) is 16.7. The van der Waals surface area contributed by atoms with Crippen LogP contribution in [0.3, 0.4) is 0 Å². The van der Waals surface area contributed by atoms with E-state index in [1.54, 1.807) is 12.1 Å². The normalized spacial score (nSPS) is 13.4. The lowest BCUT2D eigenvalue weighted by atomic mass is 10.1. The molecule has 2 rings (SSSR count). The lowest BCUT2D eigenvalue weighted by Gasteiger charge is -2.41. The molecule has 3 nitrogen and oxygen atoms in total. The van der Waals surface area contributed by atoms with Crippen LogP contribution >= 0.6 is 0 Å². The Morgan fingerprint density at radius 2 is 1.60 bits per heavy atom. The van der Waals surface area contributed by atoms with Crippen LogP contribution in [0.25, 0.3) is 0 Å². The van der Waals surface area contributed by atoms with E-state index >= 15 is 0 Å². The van der Waals surface area contributed by atoms with E-state index in [2.05, 4.69) is 62.6 Å². The van der Waals surface area contributed by atoms with E-state index in [9.17, 15) is 8.42 Å². The predicted molar refractivity (Wildman–Crippen MR) is 130 cm³/mol. The maximum atomic E-state index is 13.0. The topological polar surface area (TPSA) is 46.2 Å². The fourth-order valence-electron chi connectivity index (χ4n) is 2.93. The van der Waals surface area contributed by atoms with E-state index in [-0.39, 0.29) is 10.7 Å². The molecule has 0 aliphatic heterocycles. The van der Waals surface area contributed by atoms with Crippen molar-refractivity contribution in [2.45, 2.75) is 75.7 Å². The number of hydrogen-bond acceptors (Lipinski definition) is 2. The number of benzene rings is 2. The molecule has 162 valence electrons. The number of aryl methyl sites for hydroxylation is 2. The number of sulfonamides is 1. The Labute approximate surface area is 184 Å². The fraction of sp³-hybridized carbons (Fsp3) is 0.440. The maximum Gasteiger partial charge on any atom is 0.241 e. The summed E-state index contributed by atoms with van der Waals surface area (Å²) in [5.41, 5.74) is 1.99.